The summed E-state index contributed by atoms with van der Waals surface area (Å²) in [4.78, 5) is 26.0. The molecule has 1 saturated heterocycles. The second-order valence-electron chi connectivity index (χ2n) is 5.94. The van der Waals surface area contributed by atoms with Crippen LogP contribution in [-0.2, 0) is 0 Å². The monoisotopic (exact) mass is 357 g/mol. The minimum Gasteiger partial charge on any atom is -0.497 e. The molecular formula is C18H19N3O5. The minimum atomic E-state index is -1.17. The van der Waals surface area contributed by atoms with Crippen molar-refractivity contribution in [2.45, 2.75) is 0 Å². The number of non-ortho nitro benzene ring substituents is 1. The fourth-order valence-corrected chi connectivity index (χ4v) is 3.10. The lowest BCUT2D eigenvalue weighted by molar-refractivity contribution is -0.384. The van der Waals surface area contributed by atoms with Crippen LogP contribution in [0.25, 0.3) is 0 Å². The highest BCUT2D eigenvalue weighted by atomic mass is 16.6. The third kappa shape index (κ3) is 3.53. The summed E-state index contributed by atoms with van der Waals surface area (Å²) >= 11 is 0. The van der Waals surface area contributed by atoms with Crippen LogP contribution in [0.2, 0.25) is 0 Å². The van der Waals surface area contributed by atoms with Gasteiger partial charge >= 0.3 is 5.97 Å². The molecule has 0 aromatic heterocycles. The predicted molar refractivity (Wildman–Crippen MR) is 97.5 cm³/mol. The highest BCUT2D eigenvalue weighted by Crippen LogP contribution is 2.28. The van der Waals surface area contributed by atoms with Crippen LogP contribution < -0.4 is 14.5 Å². The largest absolute Gasteiger partial charge is 0.497 e. The van der Waals surface area contributed by atoms with Crippen molar-refractivity contribution in [2.75, 3.05) is 43.1 Å². The van der Waals surface area contributed by atoms with E-state index in [1.54, 1.807) is 7.11 Å². The summed E-state index contributed by atoms with van der Waals surface area (Å²) in [6, 6.07) is 11.8. The second-order valence-corrected chi connectivity index (χ2v) is 5.94. The first kappa shape index (κ1) is 17.5. The molecular weight excluding hydrogens is 338 g/mol. The van der Waals surface area contributed by atoms with Crippen LogP contribution in [0.15, 0.2) is 42.5 Å². The van der Waals surface area contributed by atoms with Gasteiger partial charge in [-0.2, -0.15) is 0 Å². The van der Waals surface area contributed by atoms with Crippen LogP contribution in [-0.4, -0.2) is 49.3 Å². The first-order valence-electron chi connectivity index (χ1n) is 8.15. The number of rotatable bonds is 5. The summed E-state index contributed by atoms with van der Waals surface area (Å²) in [6.45, 7) is 2.66. The molecule has 0 atom stereocenters. The van der Waals surface area contributed by atoms with E-state index < -0.39 is 10.9 Å². The zero-order chi connectivity index (χ0) is 18.7. The lowest BCUT2D eigenvalue weighted by atomic mass is 10.1. The van der Waals surface area contributed by atoms with Gasteiger partial charge in [0.25, 0.3) is 5.69 Å². The molecule has 0 unspecified atom stereocenters. The van der Waals surface area contributed by atoms with Crippen LogP contribution in [0.4, 0.5) is 17.1 Å². The van der Waals surface area contributed by atoms with E-state index in [9.17, 15) is 20.0 Å². The molecule has 0 aliphatic carbocycles. The van der Waals surface area contributed by atoms with Gasteiger partial charge in [-0.15, -0.1) is 0 Å². The van der Waals surface area contributed by atoms with Gasteiger partial charge in [-0.05, 0) is 18.2 Å². The van der Waals surface area contributed by atoms with E-state index in [1.807, 2.05) is 29.2 Å². The van der Waals surface area contributed by atoms with Gasteiger partial charge in [0.15, 0.2) is 0 Å². The topological polar surface area (TPSA) is 96.1 Å². The summed E-state index contributed by atoms with van der Waals surface area (Å²) in [5.41, 5.74) is 1.29. The van der Waals surface area contributed by atoms with Crippen molar-refractivity contribution >= 4 is 23.0 Å². The molecule has 1 N–H and O–H groups in total. The molecule has 1 fully saturated rings. The van der Waals surface area contributed by atoms with Crippen molar-refractivity contribution in [3.05, 3.63) is 58.1 Å². The van der Waals surface area contributed by atoms with Crippen molar-refractivity contribution < 1.29 is 19.6 Å². The molecule has 0 bridgehead atoms. The van der Waals surface area contributed by atoms with Gasteiger partial charge in [-0.1, -0.05) is 6.07 Å². The maximum Gasteiger partial charge on any atom is 0.338 e. The van der Waals surface area contributed by atoms with Gasteiger partial charge in [-0.25, -0.2) is 4.79 Å². The number of nitrogens with zero attached hydrogens (tertiary/aromatic N) is 3. The van der Waals surface area contributed by atoms with Crippen molar-refractivity contribution in [3.63, 3.8) is 0 Å². The molecule has 0 amide bonds. The van der Waals surface area contributed by atoms with Gasteiger partial charge in [-0.3, -0.25) is 10.1 Å². The van der Waals surface area contributed by atoms with E-state index >= 15 is 0 Å². The Bertz CT molecular complexity index is 831. The molecule has 0 radical (unpaired) electrons. The lowest BCUT2D eigenvalue weighted by Gasteiger charge is -2.37. The number of carbonyl (C=O) groups is 1. The standard InChI is InChI=1S/C18H19N3O5/c1-26-15-4-2-3-13(11-15)19-7-9-20(10-8-19)17-6-5-14(21(24)25)12-16(17)18(22)23/h2-6,11-12H,7-10H2,1H3,(H,22,23). The number of methoxy groups -OCH3 is 1. The Morgan fingerprint density at radius 3 is 2.42 bits per heavy atom. The Hall–Kier alpha value is -3.29. The van der Waals surface area contributed by atoms with Crippen LogP contribution in [0, 0.1) is 10.1 Å². The highest BCUT2D eigenvalue weighted by molar-refractivity contribution is 5.95. The number of anilines is 2. The van der Waals surface area contributed by atoms with Gasteiger partial charge < -0.3 is 19.6 Å². The quantitative estimate of drug-likeness (QED) is 0.649. The second kappa shape index (κ2) is 7.30. The Morgan fingerprint density at radius 2 is 1.81 bits per heavy atom. The van der Waals surface area contributed by atoms with Crippen LogP contribution in [0.1, 0.15) is 10.4 Å². The number of hydrogen-bond acceptors (Lipinski definition) is 6. The van der Waals surface area contributed by atoms with Gasteiger partial charge in [0.05, 0.1) is 23.3 Å². The number of aromatic carboxylic acids is 1. The first-order valence-corrected chi connectivity index (χ1v) is 8.15. The zero-order valence-electron chi connectivity index (χ0n) is 14.3. The Balaban J connectivity index is 1.77. The maximum absolute atomic E-state index is 11.5. The van der Waals surface area contributed by atoms with E-state index in [4.69, 9.17) is 4.74 Å². The number of hydrogen-bond donors (Lipinski definition) is 1. The highest BCUT2D eigenvalue weighted by Gasteiger charge is 2.23. The van der Waals surface area contributed by atoms with Crippen LogP contribution >= 0.6 is 0 Å². The van der Waals surface area contributed by atoms with E-state index in [0.717, 1.165) is 17.5 Å². The molecule has 1 aliphatic heterocycles. The maximum atomic E-state index is 11.5. The third-order valence-corrected chi connectivity index (χ3v) is 4.46. The molecule has 2 aromatic rings. The zero-order valence-corrected chi connectivity index (χ0v) is 14.3. The number of carboxylic acid groups (broad SMARTS) is 1. The van der Waals surface area contributed by atoms with Gasteiger partial charge in [0.1, 0.15) is 5.75 Å². The van der Waals surface area contributed by atoms with Gasteiger partial charge in [0.2, 0.25) is 0 Å². The van der Waals surface area contributed by atoms with Crippen molar-refractivity contribution in [1.29, 1.82) is 0 Å². The molecule has 136 valence electrons. The van der Waals surface area contributed by atoms with Crippen LogP contribution in [0.3, 0.4) is 0 Å². The number of nitro groups is 1. The molecule has 1 heterocycles. The fraction of sp³-hybridized carbons (Fsp3) is 0.278. The van der Waals surface area contributed by atoms with E-state index in [2.05, 4.69) is 4.90 Å². The Kier molecular flexibility index (Phi) is 4.92. The summed E-state index contributed by atoms with van der Waals surface area (Å²) in [7, 11) is 1.62. The summed E-state index contributed by atoms with van der Waals surface area (Å²) in [5, 5.41) is 20.3. The molecule has 0 spiro atoms. The molecule has 26 heavy (non-hydrogen) atoms. The molecule has 0 saturated carbocycles. The molecule has 8 nitrogen and oxygen atoms in total. The van der Waals surface area contributed by atoms with E-state index in [1.165, 1.54) is 12.1 Å². The smallest absolute Gasteiger partial charge is 0.338 e. The van der Waals surface area contributed by atoms with Crippen LogP contribution in [0.5, 0.6) is 5.75 Å². The molecule has 2 aromatic carbocycles. The Labute approximate surface area is 150 Å². The minimum absolute atomic E-state index is 0.0472. The SMILES string of the molecule is COc1cccc(N2CCN(c3ccc([N+](=O)[O-])cc3C(=O)O)CC2)c1. The van der Waals surface area contributed by atoms with Crippen molar-refractivity contribution in [1.82, 2.24) is 0 Å². The van der Waals surface area contributed by atoms with E-state index in [-0.39, 0.29) is 11.3 Å². The Morgan fingerprint density at radius 1 is 1.12 bits per heavy atom. The first-order chi connectivity index (χ1) is 12.5. The number of piperazine rings is 1. The average Bonchev–Trinajstić information content (AvgIpc) is 2.67. The van der Waals surface area contributed by atoms with E-state index in [0.29, 0.717) is 31.9 Å². The summed E-state index contributed by atoms with van der Waals surface area (Å²) in [5.74, 6) is -0.382. The third-order valence-electron chi connectivity index (χ3n) is 4.46. The summed E-state index contributed by atoms with van der Waals surface area (Å²) in [6.07, 6.45) is 0. The number of ether oxygens (including phenoxy) is 1. The number of nitro benzene ring substituents is 1. The average molecular weight is 357 g/mol. The lowest BCUT2D eigenvalue weighted by Crippen LogP contribution is -2.47. The fourth-order valence-electron chi connectivity index (χ4n) is 3.10. The van der Waals surface area contributed by atoms with Crippen molar-refractivity contribution in [3.8, 4) is 5.75 Å². The number of carboxylic acids is 1. The molecule has 1 aliphatic rings. The summed E-state index contributed by atoms with van der Waals surface area (Å²) < 4.78 is 5.25. The van der Waals surface area contributed by atoms with Crippen molar-refractivity contribution in [2.24, 2.45) is 0 Å². The molecule has 3 rings (SSSR count). The number of benzene rings is 2. The van der Waals surface area contributed by atoms with Gasteiger partial charge in [0, 0.05) is 50.1 Å². The normalized spacial score (nSPS) is 14.2. The predicted octanol–water partition coefficient (Wildman–Crippen LogP) is 2.63. The molecule has 8 heteroatoms.